The molecule has 1 fully saturated rings. The second kappa shape index (κ2) is 17.2. The van der Waals surface area contributed by atoms with Crippen LogP contribution < -0.4 is 15.5 Å². The summed E-state index contributed by atoms with van der Waals surface area (Å²) in [5.74, 6) is 0.776. The molecule has 0 saturated carbocycles. The van der Waals surface area contributed by atoms with E-state index >= 15 is 0 Å². The number of fused-ring (bicyclic) bond motifs is 8. The largest absolute Gasteiger partial charge is 0.341 e. The Labute approximate surface area is 411 Å². The van der Waals surface area contributed by atoms with Gasteiger partial charge < -0.3 is 14.0 Å². The number of para-hydroxylation sites is 4. The quantitative estimate of drug-likeness (QED) is 0.148. The van der Waals surface area contributed by atoms with E-state index in [9.17, 15) is 0 Å². The number of benzene rings is 7. The summed E-state index contributed by atoms with van der Waals surface area (Å²) >= 11 is 0. The maximum atomic E-state index is 2.86. The molecule has 0 spiro atoms. The van der Waals surface area contributed by atoms with Gasteiger partial charge in [0.25, 0.3) is 0 Å². The molecule has 0 N–H and O–H groups in total. The lowest BCUT2D eigenvalue weighted by Gasteiger charge is -2.47. The van der Waals surface area contributed by atoms with E-state index in [1.54, 1.807) is 5.57 Å². The number of allylic oxidation sites excluding steroid dienone is 3. The fourth-order valence-electron chi connectivity index (χ4n) is 13.4. The van der Waals surface area contributed by atoms with Crippen LogP contribution in [-0.2, 0) is 6.42 Å². The highest BCUT2D eigenvalue weighted by atomic mass is 15.2. The van der Waals surface area contributed by atoms with Crippen LogP contribution in [0.3, 0.4) is 0 Å². The van der Waals surface area contributed by atoms with E-state index in [1.807, 2.05) is 0 Å². The fraction of sp³-hybridized carbons (Fsp3) is 0.212. The van der Waals surface area contributed by atoms with Crippen LogP contribution in [0.5, 0.6) is 0 Å². The standard InChI is InChI=1S/C66H58N4/c1-7-23-61(53(17-1)45-29-35-51(36-30-45)69-63-25-9-3-19-55(63)56-20-4-10-26-64(56)69)67-41-13-15-49-43-47(33-39-59(49)67)48-34-40-60-50(44-48)16-14-42-68(60)62-24-8-2-18-54(62)46-31-37-52(38-32-46)70-65-27-11-5-21-57(65)58-22-6-12-28-66(58)70/h1-5,7-11,17-32,34-38,40,43-44,47,53,59,61H,6,12-16,33,39,41-42H2. The SMILES string of the molecule is C1=CC(c2ccc(-n3c4ccccc4c4ccccc43)cc2)C(N2CCCC3=CC(c4ccc5c(c4)CCCN5c4ccccc4-c4ccc(-n5c6c(c7ccccc75)=CCCC=6)cc4)CCC32)C=C1. The molecule has 70 heavy (non-hydrogen) atoms. The highest BCUT2D eigenvalue weighted by Crippen LogP contribution is 2.45. The first-order valence-electron chi connectivity index (χ1n) is 26.0. The number of nitrogens with zero attached hydrogens (tertiary/aromatic N) is 4. The minimum absolute atomic E-state index is 0.316. The number of piperidine rings is 1. The molecule has 0 radical (unpaired) electrons. The van der Waals surface area contributed by atoms with E-state index in [0.717, 1.165) is 38.8 Å². The van der Waals surface area contributed by atoms with Crippen LogP contribution in [0, 0.1) is 0 Å². The molecule has 9 aromatic rings. The van der Waals surface area contributed by atoms with Gasteiger partial charge in [0.1, 0.15) is 0 Å². The Morgan fingerprint density at radius 1 is 0.500 bits per heavy atom. The molecule has 3 aliphatic carbocycles. The summed E-state index contributed by atoms with van der Waals surface area (Å²) in [5.41, 5.74) is 17.5. The van der Waals surface area contributed by atoms with Crippen LogP contribution in [0.15, 0.2) is 200 Å². The van der Waals surface area contributed by atoms with Crippen LogP contribution >= 0.6 is 0 Å². The molecule has 2 aromatic heterocycles. The van der Waals surface area contributed by atoms with Crippen molar-refractivity contribution in [3.8, 4) is 22.5 Å². The van der Waals surface area contributed by atoms with Crippen molar-refractivity contribution in [1.82, 2.24) is 14.0 Å². The number of rotatable bonds is 7. The zero-order valence-electron chi connectivity index (χ0n) is 39.8. The Morgan fingerprint density at radius 3 is 1.97 bits per heavy atom. The summed E-state index contributed by atoms with van der Waals surface area (Å²) in [6.07, 6.45) is 26.3. The van der Waals surface area contributed by atoms with E-state index in [2.05, 4.69) is 225 Å². The number of aryl methyl sites for hydroxylation is 1. The zero-order valence-corrected chi connectivity index (χ0v) is 39.8. The van der Waals surface area contributed by atoms with Crippen molar-refractivity contribution in [1.29, 1.82) is 0 Å². The summed E-state index contributed by atoms with van der Waals surface area (Å²) in [7, 11) is 0. The van der Waals surface area contributed by atoms with Gasteiger partial charge in [0.05, 0.1) is 16.6 Å². The third-order valence-electron chi connectivity index (χ3n) is 16.6. The summed E-state index contributed by atoms with van der Waals surface area (Å²) in [5, 5.41) is 6.65. The second-order valence-corrected chi connectivity index (χ2v) is 20.4. The molecule has 4 heterocycles. The monoisotopic (exact) mass is 906 g/mol. The van der Waals surface area contributed by atoms with Gasteiger partial charge in [0.2, 0.25) is 0 Å². The van der Waals surface area contributed by atoms with Gasteiger partial charge in [-0.1, -0.05) is 157 Å². The lowest BCUT2D eigenvalue weighted by Crippen LogP contribution is -2.50. The van der Waals surface area contributed by atoms with Gasteiger partial charge >= 0.3 is 0 Å². The molecule has 4 unspecified atom stereocenters. The molecule has 1 saturated heterocycles. The number of hydrogen-bond donors (Lipinski definition) is 0. The van der Waals surface area contributed by atoms with Gasteiger partial charge in [0, 0.05) is 85.5 Å². The summed E-state index contributed by atoms with van der Waals surface area (Å²) < 4.78 is 4.88. The third-order valence-corrected chi connectivity index (χ3v) is 16.6. The molecule has 2 aliphatic heterocycles. The van der Waals surface area contributed by atoms with E-state index in [-0.39, 0.29) is 0 Å². The average Bonchev–Trinajstić information content (AvgIpc) is 3.96. The van der Waals surface area contributed by atoms with Crippen LogP contribution in [0.1, 0.15) is 73.5 Å². The van der Waals surface area contributed by atoms with Gasteiger partial charge in [-0.05, 0) is 135 Å². The highest BCUT2D eigenvalue weighted by Gasteiger charge is 2.38. The Bertz CT molecular complexity index is 3660. The van der Waals surface area contributed by atoms with Gasteiger partial charge in [-0.2, -0.15) is 0 Å². The maximum Gasteiger partial charge on any atom is 0.0541 e. The van der Waals surface area contributed by atoms with Crippen molar-refractivity contribution in [2.24, 2.45) is 0 Å². The van der Waals surface area contributed by atoms with Crippen molar-refractivity contribution in [3.63, 3.8) is 0 Å². The molecule has 4 atom stereocenters. The molecule has 5 aliphatic rings. The van der Waals surface area contributed by atoms with Crippen LogP contribution in [0.2, 0.25) is 0 Å². The average molecular weight is 907 g/mol. The summed E-state index contributed by atoms with van der Waals surface area (Å²) in [4.78, 5) is 5.46. The minimum atomic E-state index is 0.316. The molecule has 7 aromatic carbocycles. The highest BCUT2D eigenvalue weighted by molar-refractivity contribution is 6.09. The van der Waals surface area contributed by atoms with Crippen LogP contribution in [0.4, 0.5) is 11.4 Å². The first-order chi connectivity index (χ1) is 34.7. The first-order valence-corrected chi connectivity index (χ1v) is 26.0. The second-order valence-electron chi connectivity index (χ2n) is 20.4. The summed E-state index contributed by atoms with van der Waals surface area (Å²) in [6, 6.07) is 62.6. The Balaban J connectivity index is 0.711. The van der Waals surface area contributed by atoms with Gasteiger partial charge in [-0.25, -0.2) is 0 Å². The van der Waals surface area contributed by atoms with Gasteiger partial charge in [-0.3, -0.25) is 4.90 Å². The molecular formula is C66H58N4. The molecule has 0 amide bonds. The van der Waals surface area contributed by atoms with Crippen molar-refractivity contribution in [2.45, 2.75) is 75.3 Å². The molecule has 14 rings (SSSR count). The van der Waals surface area contributed by atoms with E-state index in [4.69, 9.17) is 0 Å². The van der Waals surface area contributed by atoms with Crippen LogP contribution in [-0.4, -0.2) is 39.2 Å². The van der Waals surface area contributed by atoms with Gasteiger partial charge in [0.15, 0.2) is 0 Å². The Hall–Kier alpha value is -7.40. The smallest absolute Gasteiger partial charge is 0.0541 e. The van der Waals surface area contributed by atoms with Crippen molar-refractivity contribution in [3.05, 3.63) is 227 Å². The number of aromatic nitrogens is 2. The summed E-state index contributed by atoms with van der Waals surface area (Å²) in [6.45, 7) is 2.17. The van der Waals surface area contributed by atoms with E-state index < -0.39 is 0 Å². The predicted molar refractivity (Wildman–Crippen MR) is 293 cm³/mol. The maximum absolute atomic E-state index is 2.86. The first kappa shape index (κ1) is 41.6. The molecule has 0 bridgehead atoms. The van der Waals surface area contributed by atoms with Crippen LogP contribution in [0.25, 0.3) is 67.4 Å². The zero-order chi connectivity index (χ0) is 46.1. The molecule has 342 valence electrons. The molecule has 4 nitrogen and oxygen atoms in total. The lowest BCUT2D eigenvalue weighted by atomic mass is 9.76. The predicted octanol–water partition coefficient (Wildman–Crippen LogP) is 14.4. The fourth-order valence-corrected chi connectivity index (χ4v) is 13.4. The number of hydrogen-bond acceptors (Lipinski definition) is 2. The Kier molecular flexibility index (Phi) is 10.2. The van der Waals surface area contributed by atoms with E-state index in [0.29, 0.717) is 23.9 Å². The van der Waals surface area contributed by atoms with Crippen molar-refractivity contribution in [2.75, 3.05) is 18.0 Å². The van der Waals surface area contributed by atoms with Crippen molar-refractivity contribution < 1.29 is 0 Å². The lowest BCUT2D eigenvalue weighted by molar-refractivity contribution is 0.131. The number of anilines is 2. The van der Waals surface area contributed by atoms with Gasteiger partial charge in [-0.15, -0.1) is 0 Å². The third kappa shape index (κ3) is 6.90. The Morgan fingerprint density at radius 2 is 1.16 bits per heavy atom. The molecular weight excluding hydrogens is 849 g/mol. The van der Waals surface area contributed by atoms with Crippen molar-refractivity contribution >= 4 is 56.2 Å². The number of likely N-dealkylation sites (tertiary alicyclic amines) is 1. The minimum Gasteiger partial charge on any atom is -0.341 e. The van der Waals surface area contributed by atoms with E-state index in [1.165, 1.54) is 120 Å². The normalized spacial score (nSPS) is 21.0. The molecule has 4 heteroatoms. The topological polar surface area (TPSA) is 16.3 Å².